The third-order valence-corrected chi connectivity index (χ3v) is 9.22. The molecule has 0 N–H and O–H groups in total. The first kappa shape index (κ1) is 28.6. The molecule has 0 fully saturated rings. The average Bonchev–Trinajstić information content (AvgIpc) is 3.55. The van der Waals surface area contributed by atoms with Gasteiger partial charge in [0, 0.05) is 50.7 Å². The Kier molecular flexibility index (Phi) is 7.14. The zero-order valence-corrected chi connectivity index (χ0v) is 26.8. The fourth-order valence-corrected chi connectivity index (χ4v) is 7.00. The third-order valence-electron chi connectivity index (χ3n) is 9.22. The van der Waals surface area contributed by atoms with Crippen LogP contribution in [0.25, 0.3) is 43.8 Å². The molecule has 3 nitrogen and oxygen atoms in total. The van der Waals surface area contributed by atoms with Gasteiger partial charge in [-0.15, -0.1) is 0 Å². The number of anilines is 6. The SMILES string of the molecule is c1ccc(N(c2ccc(-c3cccc4cccc(N(c5ccccc5)c5ccccc5)c34)cc2)c2ccc3c(c2)oc2ccccc23)cc1. The smallest absolute Gasteiger partial charge is 0.137 e. The Morgan fingerprint density at radius 1 is 0.347 bits per heavy atom. The van der Waals surface area contributed by atoms with E-state index in [0.717, 1.165) is 61.6 Å². The molecule has 0 amide bonds. The number of furan rings is 1. The molecule has 232 valence electrons. The Hall–Kier alpha value is -6.58. The maximum absolute atomic E-state index is 6.30. The summed E-state index contributed by atoms with van der Waals surface area (Å²) in [7, 11) is 0. The minimum absolute atomic E-state index is 0.876. The van der Waals surface area contributed by atoms with E-state index in [1.54, 1.807) is 0 Å². The molecule has 0 aliphatic carbocycles. The van der Waals surface area contributed by atoms with Crippen molar-refractivity contribution in [3.05, 3.63) is 194 Å². The van der Waals surface area contributed by atoms with E-state index in [9.17, 15) is 0 Å². The predicted molar refractivity (Wildman–Crippen MR) is 206 cm³/mol. The van der Waals surface area contributed by atoms with Crippen LogP contribution in [0.5, 0.6) is 0 Å². The summed E-state index contributed by atoms with van der Waals surface area (Å²) in [5.41, 5.74) is 10.7. The molecule has 3 heteroatoms. The van der Waals surface area contributed by atoms with Gasteiger partial charge in [0.05, 0.1) is 5.69 Å². The highest BCUT2D eigenvalue weighted by Crippen LogP contribution is 2.44. The van der Waals surface area contributed by atoms with E-state index < -0.39 is 0 Å². The molecular formula is C46H32N2O. The van der Waals surface area contributed by atoms with Crippen LogP contribution in [0.15, 0.2) is 199 Å². The van der Waals surface area contributed by atoms with Gasteiger partial charge >= 0.3 is 0 Å². The number of nitrogens with zero attached hydrogens (tertiary/aromatic N) is 2. The summed E-state index contributed by atoms with van der Waals surface area (Å²) in [4.78, 5) is 4.64. The van der Waals surface area contributed by atoms with Crippen molar-refractivity contribution in [1.82, 2.24) is 0 Å². The molecule has 0 bridgehead atoms. The van der Waals surface area contributed by atoms with Crippen molar-refractivity contribution < 1.29 is 4.42 Å². The van der Waals surface area contributed by atoms with Gasteiger partial charge in [0.1, 0.15) is 11.2 Å². The van der Waals surface area contributed by atoms with Crippen molar-refractivity contribution in [2.24, 2.45) is 0 Å². The van der Waals surface area contributed by atoms with E-state index in [-0.39, 0.29) is 0 Å². The summed E-state index contributed by atoms with van der Waals surface area (Å²) in [5, 5.41) is 4.66. The number of hydrogen-bond acceptors (Lipinski definition) is 3. The first-order valence-electron chi connectivity index (χ1n) is 16.6. The molecule has 0 saturated heterocycles. The second kappa shape index (κ2) is 12.2. The third kappa shape index (κ3) is 5.18. The van der Waals surface area contributed by atoms with Crippen molar-refractivity contribution in [3.8, 4) is 11.1 Å². The molecule has 0 spiro atoms. The minimum atomic E-state index is 0.876. The topological polar surface area (TPSA) is 19.6 Å². The fraction of sp³-hybridized carbons (Fsp3) is 0. The van der Waals surface area contributed by atoms with Crippen LogP contribution in [-0.2, 0) is 0 Å². The highest BCUT2D eigenvalue weighted by molar-refractivity contribution is 6.08. The lowest BCUT2D eigenvalue weighted by molar-refractivity contribution is 0.669. The maximum atomic E-state index is 6.30. The lowest BCUT2D eigenvalue weighted by atomic mass is 9.95. The zero-order chi connectivity index (χ0) is 32.6. The zero-order valence-electron chi connectivity index (χ0n) is 26.8. The van der Waals surface area contributed by atoms with Crippen molar-refractivity contribution >= 4 is 66.8 Å². The van der Waals surface area contributed by atoms with Crippen LogP contribution in [0.2, 0.25) is 0 Å². The molecule has 0 aliphatic heterocycles. The van der Waals surface area contributed by atoms with Gasteiger partial charge in [-0.25, -0.2) is 0 Å². The van der Waals surface area contributed by atoms with Crippen molar-refractivity contribution in [2.75, 3.05) is 9.80 Å². The van der Waals surface area contributed by atoms with Gasteiger partial charge in [-0.1, -0.05) is 115 Å². The van der Waals surface area contributed by atoms with Crippen molar-refractivity contribution in [2.45, 2.75) is 0 Å². The number of para-hydroxylation sites is 4. The van der Waals surface area contributed by atoms with Crippen molar-refractivity contribution in [1.29, 1.82) is 0 Å². The Morgan fingerprint density at radius 3 is 1.55 bits per heavy atom. The number of rotatable bonds is 7. The van der Waals surface area contributed by atoms with E-state index in [2.05, 4.69) is 192 Å². The highest BCUT2D eigenvalue weighted by Gasteiger charge is 2.19. The molecule has 0 unspecified atom stereocenters. The second-order valence-electron chi connectivity index (χ2n) is 12.2. The van der Waals surface area contributed by atoms with Crippen molar-refractivity contribution in [3.63, 3.8) is 0 Å². The van der Waals surface area contributed by atoms with Crippen LogP contribution in [0, 0.1) is 0 Å². The van der Waals surface area contributed by atoms with Gasteiger partial charge in [-0.2, -0.15) is 0 Å². The Bertz CT molecular complexity index is 2500. The summed E-state index contributed by atoms with van der Waals surface area (Å²) in [6.45, 7) is 0. The summed E-state index contributed by atoms with van der Waals surface area (Å²) < 4.78 is 6.30. The summed E-state index contributed by atoms with van der Waals surface area (Å²) in [6, 6.07) is 68.6. The molecule has 0 atom stereocenters. The van der Waals surface area contributed by atoms with E-state index >= 15 is 0 Å². The standard InChI is InChI=1S/C46H32N2O/c1-4-16-35(17-5-1)47(39-30-31-42-41-22-10-11-25-44(41)49-45(42)32-39)38-28-26-33(27-29-38)40-23-12-14-34-15-13-24-43(46(34)40)48(36-18-6-2-7-19-36)37-20-8-3-9-21-37/h1-32H. The maximum Gasteiger partial charge on any atom is 0.137 e. The first-order chi connectivity index (χ1) is 24.3. The van der Waals surface area contributed by atoms with Gasteiger partial charge in [-0.05, 0) is 89.3 Å². The predicted octanol–water partition coefficient (Wildman–Crippen LogP) is 13.3. The average molecular weight is 629 g/mol. The molecule has 0 radical (unpaired) electrons. The van der Waals surface area contributed by atoms with Gasteiger partial charge in [0.15, 0.2) is 0 Å². The molecule has 1 heterocycles. The Morgan fingerprint density at radius 2 is 0.878 bits per heavy atom. The fourth-order valence-electron chi connectivity index (χ4n) is 7.00. The van der Waals surface area contributed by atoms with E-state index in [1.807, 2.05) is 12.1 Å². The highest BCUT2D eigenvalue weighted by atomic mass is 16.3. The van der Waals surface area contributed by atoms with Gasteiger partial charge in [0.2, 0.25) is 0 Å². The van der Waals surface area contributed by atoms with Gasteiger partial charge in [0.25, 0.3) is 0 Å². The molecule has 9 rings (SSSR count). The molecule has 9 aromatic rings. The molecule has 0 saturated carbocycles. The summed E-state index contributed by atoms with van der Waals surface area (Å²) >= 11 is 0. The first-order valence-corrected chi connectivity index (χ1v) is 16.6. The lowest BCUT2D eigenvalue weighted by Crippen LogP contribution is -2.10. The normalized spacial score (nSPS) is 11.3. The van der Waals surface area contributed by atoms with Crippen LogP contribution in [-0.4, -0.2) is 0 Å². The lowest BCUT2D eigenvalue weighted by Gasteiger charge is -2.28. The van der Waals surface area contributed by atoms with E-state index in [0.29, 0.717) is 0 Å². The summed E-state index contributed by atoms with van der Waals surface area (Å²) in [6.07, 6.45) is 0. The van der Waals surface area contributed by atoms with Crippen LogP contribution in [0.4, 0.5) is 34.1 Å². The van der Waals surface area contributed by atoms with E-state index in [1.165, 1.54) is 16.3 Å². The van der Waals surface area contributed by atoms with Gasteiger partial charge in [-0.3, -0.25) is 0 Å². The molecular weight excluding hydrogens is 597 g/mol. The number of hydrogen-bond donors (Lipinski definition) is 0. The minimum Gasteiger partial charge on any atom is -0.456 e. The number of benzene rings is 8. The van der Waals surface area contributed by atoms with Crippen LogP contribution >= 0.6 is 0 Å². The van der Waals surface area contributed by atoms with Crippen LogP contribution < -0.4 is 9.80 Å². The molecule has 8 aromatic carbocycles. The van der Waals surface area contributed by atoms with Crippen LogP contribution in [0.1, 0.15) is 0 Å². The summed E-state index contributed by atoms with van der Waals surface area (Å²) in [5.74, 6) is 0. The molecule has 0 aliphatic rings. The largest absolute Gasteiger partial charge is 0.456 e. The monoisotopic (exact) mass is 628 g/mol. The molecule has 49 heavy (non-hydrogen) atoms. The van der Waals surface area contributed by atoms with E-state index in [4.69, 9.17) is 4.42 Å². The second-order valence-corrected chi connectivity index (χ2v) is 12.2. The van der Waals surface area contributed by atoms with Crippen LogP contribution in [0.3, 0.4) is 0 Å². The van der Waals surface area contributed by atoms with Gasteiger partial charge < -0.3 is 14.2 Å². The Labute approximate surface area is 285 Å². The molecule has 1 aromatic heterocycles. The Balaban J connectivity index is 1.17. The quantitative estimate of drug-likeness (QED) is 0.175. The number of fused-ring (bicyclic) bond motifs is 4.